The van der Waals surface area contributed by atoms with E-state index in [2.05, 4.69) is 10.0 Å². The summed E-state index contributed by atoms with van der Waals surface area (Å²) in [5, 5.41) is 12.7. The second-order valence-corrected chi connectivity index (χ2v) is 7.03. The predicted octanol–water partition coefficient (Wildman–Crippen LogP) is 3.32. The highest BCUT2D eigenvalue weighted by Gasteiger charge is 2.23. The Labute approximate surface area is 120 Å². The molecule has 1 rings (SSSR count). The van der Waals surface area contributed by atoms with Crippen LogP contribution in [0.3, 0.4) is 0 Å². The fourth-order valence-corrected chi connectivity index (χ4v) is 3.27. The Kier molecular flexibility index (Phi) is 4.65. The molecule has 0 atom stereocenters. The Bertz CT molecular complexity index is 708. The minimum absolute atomic E-state index is 0.0756. The number of azide groups is 1. The number of benzene rings is 1. The lowest BCUT2D eigenvalue weighted by molar-refractivity contribution is 0.0695. The molecule has 0 amide bonds. The van der Waals surface area contributed by atoms with Crippen molar-refractivity contribution in [2.24, 2.45) is 5.11 Å². The first-order valence-electron chi connectivity index (χ1n) is 5.43. The fourth-order valence-electron chi connectivity index (χ4n) is 2.16. The number of aromatic carboxylic acids is 1. The first-order chi connectivity index (χ1) is 9.10. The van der Waals surface area contributed by atoms with E-state index in [1.165, 1.54) is 13.8 Å². The first-order valence-corrected chi connectivity index (χ1v) is 7.91. The standard InChI is InChI=1S/C11H12ClN3O4S/c1-5-8(4-20(12,18)19)6(2)10(14-15-13)7(3)9(5)11(16)17/h4H2,1-3H3,(H,16,17). The first kappa shape index (κ1) is 16.3. The van der Waals surface area contributed by atoms with E-state index in [0.29, 0.717) is 16.7 Å². The Balaban J connectivity index is 3.84. The SMILES string of the molecule is Cc1c(CS(=O)(=O)Cl)c(C)c(C(=O)O)c(C)c1N=[N+]=[N-]. The molecule has 9 heteroatoms. The highest BCUT2D eigenvalue weighted by Crippen LogP contribution is 2.34. The summed E-state index contributed by atoms with van der Waals surface area (Å²) in [5.41, 5.74) is 9.84. The number of nitrogens with zero attached hydrogens (tertiary/aromatic N) is 3. The summed E-state index contributed by atoms with van der Waals surface area (Å²) in [5.74, 6) is -1.75. The minimum Gasteiger partial charge on any atom is -0.478 e. The van der Waals surface area contributed by atoms with E-state index in [1.54, 1.807) is 6.92 Å². The molecule has 0 radical (unpaired) electrons. The third kappa shape index (κ3) is 3.22. The van der Waals surface area contributed by atoms with Gasteiger partial charge in [0.25, 0.3) is 0 Å². The van der Waals surface area contributed by atoms with Crippen molar-refractivity contribution < 1.29 is 18.3 Å². The summed E-state index contributed by atoms with van der Waals surface area (Å²) in [7, 11) is 1.37. The van der Waals surface area contributed by atoms with Gasteiger partial charge in [-0.25, -0.2) is 13.2 Å². The van der Waals surface area contributed by atoms with Gasteiger partial charge in [0, 0.05) is 21.3 Å². The zero-order valence-electron chi connectivity index (χ0n) is 11.0. The maximum atomic E-state index is 11.3. The zero-order valence-corrected chi connectivity index (χ0v) is 12.6. The van der Waals surface area contributed by atoms with Gasteiger partial charge in [0.2, 0.25) is 9.05 Å². The Morgan fingerprint density at radius 3 is 2.25 bits per heavy atom. The van der Waals surface area contributed by atoms with Gasteiger partial charge in [0.15, 0.2) is 0 Å². The van der Waals surface area contributed by atoms with Gasteiger partial charge >= 0.3 is 5.97 Å². The van der Waals surface area contributed by atoms with Crippen LogP contribution >= 0.6 is 10.7 Å². The van der Waals surface area contributed by atoms with Crippen molar-refractivity contribution in [2.45, 2.75) is 26.5 Å². The van der Waals surface area contributed by atoms with Crippen LogP contribution in [0.15, 0.2) is 5.11 Å². The molecule has 1 aromatic rings. The van der Waals surface area contributed by atoms with E-state index < -0.39 is 20.8 Å². The molecule has 1 N–H and O–H groups in total. The van der Waals surface area contributed by atoms with E-state index in [9.17, 15) is 18.3 Å². The molecule has 0 aliphatic heterocycles. The molecule has 0 aromatic heterocycles. The van der Waals surface area contributed by atoms with Crippen molar-refractivity contribution in [3.8, 4) is 0 Å². The number of halogens is 1. The molecule has 20 heavy (non-hydrogen) atoms. The smallest absolute Gasteiger partial charge is 0.336 e. The van der Waals surface area contributed by atoms with Gasteiger partial charge in [0.1, 0.15) is 0 Å². The molecule has 0 bridgehead atoms. The lowest BCUT2D eigenvalue weighted by Crippen LogP contribution is -2.10. The summed E-state index contributed by atoms with van der Waals surface area (Å²) >= 11 is 0. The molecule has 0 aliphatic rings. The van der Waals surface area contributed by atoms with Crippen molar-refractivity contribution >= 4 is 31.4 Å². The maximum absolute atomic E-state index is 11.3. The van der Waals surface area contributed by atoms with Crippen LogP contribution in [0.2, 0.25) is 0 Å². The Hall–Kier alpha value is -1.76. The van der Waals surface area contributed by atoms with Gasteiger partial charge in [-0.05, 0) is 48.6 Å². The van der Waals surface area contributed by atoms with E-state index in [4.69, 9.17) is 16.2 Å². The van der Waals surface area contributed by atoms with E-state index in [-0.39, 0.29) is 16.8 Å². The second-order valence-electron chi connectivity index (χ2n) is 4.25. The van der Waals surface area contributed by atoms with Crippen LogP contribution in [0.4, 0.5) is 5.69 Å². The van der Waals surface area contributed by atoms with E-state index >= 15 is 0 Å². The summed E-state index contributed by atoms with van der Waals surface area (Å²) in [4.78, 5) is 14.0. The molecular formula is C11H12ClN3O4S. The lowest BCUT2D eigenvalue weighted by Gasteiger charge is -2.17. The average Bonchev–Trinajstić information content (AvgIpc) is 2.28. The van der Waals surface area contributed by atoms with Gasteiger partial charge in [-0.2, -0.15) is 0 Å². The highest BCUT2D eigenvalue weighted by molar-refractivity contribution is 8.13. The number of carbonyl (C=O) groups is 1. The van der Waals surface area contributed by atoms with Crippen LogP contribution in [-0.4, -0.2) is 19.5 Å². The molecule has 7 nitrogen and oxygen atoms in total. The molecule has 0 unspecified atom stereocenters. The zero-order chi connectivity index (χ0) is 15.7. The van der Waals surface area contributed by atoms with Crippen molar-refractivity contribution in [3.05, 3.63) is 38.3 Å². The summed E-state index contributed by atoms with van der Waals surface area (Å²) in [6.07, 6.45) is 0. The highest BCUT2D eigenvalue weighted by atomic mass is 35.7. The monoisotopic (exact) mass is 317 g/mol. The van der Waals surface area contributed by atoms with Gasteiger partial charge in [0.05, 0.1) is 11.3 Å². The van der Waals surface area contributed by atoms with Crippen molar-refractivity contribution in [1.29, 1.82) is 0 Å². The molecular weight excluding hydrogens is 306 g/mol. The van der Waals surface area contributed by atoms with Crippen molar-refractivity contribution in [3.63, 3.8) is 0 Å². The minimum atomic E-state index is -3.86. The number of hydrogen-bond acceptors (Lipinski definition) is 4. The number of rotatable bonds is 4. The van der Waals surface area contributed by atoms with E-state index in [0.717, 1.165) is 0 Å². The molecule has 0 saturated carbocycles. The summed E-state index contributed by atoms with van der Waals surface area (Å²) < 4.78 is 22.5. The van der Waals surface area contributed by atoms with Gasteiger partial charge in [-0.3, -0.25) is 0 Å². The van der Waals surface area contributed by atoms with E-state index in [1.807, 2.05) is 0 Å². The molecule has 0 fully saturated rings. The molecule has 0 heterocycles. The molecule has 108 valence electrons. The van der Waals surface area contributed by atoms with Crippen LogP contribution in [0, 0.1) is 20.8 Å². The maximum Gasteiger partial charge on any atom is 0.336 e. The van der Waals surface area contributed by atoms with Crippen LogP contribution in [-0.2, 0) is 14.8 Å². The fraction of sp³-hybridized carbons (Fsp3) is 0.364. The summed E-state index contributed by atoms with van der Waals surface area (Å²) in [6, 6.07) is 0. The van der Waals surface area contributed by atoms with Crippen LogP contribution < -0.4 is 0 Å². The topological polar surface area (TPSA) is 120 Å². The van der Waals surface area contributed by atoms with Crippen molar-refractivity contribution in [2.75, 3.05) is 0 Å². The van der Waals surface area contributed by atoms with Gasteiger partial charge in [-0.15, -0.1) is 0 Å². The molecule has 0 aliphatic carbocycles. The largest absolute Gasteiger partial charge is 0.478 e. The quantitative estimate of drug-likeness (QED) is 0.396. The predicted molar refractivity (Wildman–Crippen MR) is 74.9 cm³/mol. The third-order valence-electron chi connectivity index (χ3n) is 3.04. The molecule has 0 saturated heterocycles. The van der Waals surface area contributed by atoms with Gasteiger partial charge < -0.3 is 5.11 Å². The Morgan fingerprint density at radius 1 is 1.30 bits per heavy atom. The normalized spacial score (nSPS) is 11.0. The van der Waals surface area contributed by atoms with Crippen molar-refractivity contribution in [1.82, 2.24) is 0 Å². The lowest BCUT2D eigenvalue weighted by atomic mass is 9.92. The van der Waals surface area contributed by atoms with Crippen LogP contribution in [0.1, 0.15) is 32.6 Å². The Morgan fingerprint density at radius 2 is 1.85 bits per heavy atom. The molecule has 1 aromatic carbocycles. The average molecular weight is 318 g/mol. The van der Waals surface area contributed by atoms with Crippen LogP contribution in [0.25, 0.3) is 10.4 Å². The number of hydrogen-bond donors (Lipinski definition) is 1. The second kappa shape index (κ2) is 5.70. The van der Waals surface area contributed by atoms with Gasteiger partial charge in [-0.1, -0.05) is 5.11 Å². The van der Waals surface area contributed by atoms with Crippen LogP contribution in [0.5, 0.6) is 0 Å². The summed E-state index contributed by atoms with van der Waals surface area (Å²) in [6.45, 7) is 4.57. The molecule has 0 spiro atoms. The number of carboxylic acids is 1. The number of carboxylic acid groups (broad SMARTS) is 1. The third-order valence-corrected chi connectivity index (χ3v) is 4.00.